The lowest BCUT2D eigenvalue weighted by Gasteiger charge is -2.23. The highest BCUT2D eigenvalue weighted by atomic mass is 79.9. The minimum absolute atomic E-state index is 0.155. The van der Waals surface area contributed by atoms with Crippen LogP contribution in [-0.4, -0.2) is 37.0 Å². The van der Waals surface area contributed by atoms with Crippen molar-refractivity contribution in [3.05, 3.63) is 21.1 Å². The lowest BCUT2D eigenvalue weighted by Crippen LogP contribution is -2.37. The van der Waals surface area contributed by atoms with Crippen LogP contribution in [0.1, 0.15) is 12.8 Å². The molecule has 1 fully saturated rings. The molecule has 1 aliphatic heterocycles. The summed E-state index contributed by atoms with van der Waals surface area (Å²) in [6, 6.07) is 2.77. The number of rotatable bonds is 3. The monoisotopic (exact) mass is 412 g/mol. The largest absolute Gasteiger partial charge is 0.399 e. The Labute approximate surface area is 129 Å². The smallest absolute Gasteiger partial charge is 0.245 e. The van der Waals surface area contributed by atoms with Crippen molar-refractivity contribution in [2.75, 3.05) is 18.9 Å². The Morgan fingerprint density at radius 2 is 1.95 bits per heavy atom. The van der Waals surface area contributed by atoms with Gasteiger partial charge in [-0.1, -0.05) is 0 Å². The van der Waals surface area contributed by atoms with Gasteiger partial charge in [-0.25, -0.2) is 8.42 Å². The summed E-state index contributed by atoms with van der Waals surface area (Å²) in [6.07, 6.45) is 1.44. The van der Waals surface area contributed by atoms with Gasteiger partial charge >= 0.3 is 0 Å². The van der Waals surface area contributed by atoms with Crippen LogP contribution >= 0.6 is 31.9 Å². The third-order valence-corrected chi connectivity index (χ3v) is 6.95. The molecule has 1 aromatic rings. The van der Waals surface area contributed by atoms with E-state index in [0.717, 1.165) is 6.42 Å². The summed E-state index contributed by atoms with van der Waals surface area (Å²) in [6.45, 7) is 0.264. The fraction of sp³-hybridized carbons (Fsp3) is 0.455. The molecule has 1 aromatic carbocycles. The zero-order chi connectivity index (χ0) is 14.2. The molecule has 1 aliphatic rings. The van der Waals surface area contributed by atoms with Crippen LogP contribution in [0.3, 0.4) is 0 Å². The Balaban J connectivity index is 2.51. The first-order chi connectivity index (χ1) is 8.87. The van der Waals surface area contributed by atoms with Gasteiger partial charge in [0.25, 0.3) is 0 Å². The highest BCUT2D eigenvalue weighted by Gasteiger charge is 2.37. The third-order valence-electron chi connectivity index (χ3n) is 3.12. The maximum absolute atomic E-state index is 12.7. The molecule has 0 spiro atoms. The first kappa shape index (κ1) is 15.2. The van der Waals surface area contributed by atoms with Gasteiger partial charge in [-0.15, -0.1) is 0 Å². The van der Waals surface area contributed by atoms with Gasteiger partial charge in [-0.2, -0.15) is 4.31 Å². The van der Waals surface area contributed by atoms with E-state index in [1.54, 1.807) is 12.1 Å². The highest BCUT2D eigenvalue weighted by Crippen LogP contribution is 2.36. The molecule has 0 saturated carbocycles. The van der Waals surface area contributed by atoms with Crippen molar-refractivity contribution < 1.29 is 13.5 Å². The SMILES string of the molecule is Nc1cc(Br)c(S(=O)(=O)N2CCC[C@H]2CO)c(Br)c1. The van der Waals surface area contributed by atoms with Crippen molar-refractivity contribution >= 4 is 47.6 Å². The predicted octanol–water partition coefficient (Wildman–Crippen LogP) is 1.94. The maximum atomic E-state index is 12.7. The molecule has 1 atom stereocenters. The van der Waals surface area contributed by atoms with Gasteiger partial charge in [-0.3, -0.25) is 0 Å². The molecule has 19 heavy (non-hydrogen) atoms. The third kappa shape index (κ3) is 2.82. The number of aliphatic hydroxyl groups excluding tert-OH is 1. The Bertz CT molecular complexity index is 569. The van der Waals surface area contributed by atoms with Crippen LogP contribution in [0.5, 0.6) is 0 Å². The van der Waals surface area contributed by atoms with Crippen LogP contribution < -0.4 is 5.73 Å². The van der Waals surface area contributed by atoms with Gasteiger partial charge in [0, 0.05) is 27.2 Å². The summed E-state index contributed by atoms with van der Waals surface area (Å²) >= 11 is 6.49. The molecule has 8 heteroatoms. The van der Waals surface area contributed by atoms with Gasteiger partial charge in [0.2, 0.25) is 10.0 Å². The molecule has 1 heterocycles. The zero-order valence-corrected chi connectivity index (χ0v) is 14.0. The molecule has 0 radical (unpaired) electrons. The summed E-state index contributed by atoms with van der Waals surface area (Å²) in [5.41, 5.74) is 6.14. The van der Waals surface area contributed by atoms with E-state index >= 15 is 0 Å². The first-order valence-corrected chi connectivity index (χ1v) is 8.77. The standard InChI is InChI=1S/C11H14Br2N2O3S/c12-9-4-7(14)5-10(13)11(9)19(17,18)15-3-1-2-8(15)6-16/h4-5,8,16H,1-3,6,14H2/t8-/m0/s1. The van der Waals surface area contributed by atoms with Crippen LogP contribution in [0.4, 0.5) is 5.69 Å². The van der Waals surface area contributed by atoms with Gasteiger partial charge in [-0.05, 0) is 56.8 Å². The van der Waals surface area contributed by atoms with Crippen molar-refractivity contribution in [2.24, 2.45) is 0 Å². The van der Waals surface area contributed by atoms with Crippen molar-refractivity contribution in [2.45, 2.75) is 23.8 Å². The van der Waals surface area contributed by atoms with Crippen molar-refractivity contribution in [3.8, 4) is 0 Å². The number of nitrogen functional groups attached to an aromatic ring is 1. The summed E-state index contributed by atoms with van der Waals surface area (Å²) in [7, 11) is -3.65. The molecule has 106 valence electrons. The molecule has 0 aromatic heterocycles. The van der Waals surface area contributed by atoms with Crippen molar-refractivity contribution in [1.82, 2.24) is 4.31 Å². The summed E-state index contributed by atoms with van der Waals surface area (Å²) in [5, 5.41) is 9.28. The molecule has 5 nitrogen and oxygen atoms in total. The average Bonchev–Trinajstić information content (AvgIpc) is 2.75. The van der Waals surface area contributed by atoms with Crippen LogP contribution in [0.25, 0.3) is 0 Å². The van der Waals surface area contributed by atoms with Gasteiger partial charge in [0.15, 0.2) is 0 Å². The summed E-state index contributed by atoms with van der Waals surface area (Å²) in [5.74, 6) is 0. The molecule has 0 unspecified atom stereocenters. The number of anilines is 1. The number of halogens is 2. The first-order valence-electron chi connectivity index (χ1n) is 5.75. The molecule has 2 rings (SSSR count). The van der Waals surface area contributed by atoms with Crippen LogP contribution in [0.15, 0.2) is 26.0 Å². The number of benzene rings is 1. The second kappa shape index (κ2) is 5.69. The molecule has 3 N–H and O–H groups in total. The van der Waals surface area contributed by atoms with Gasteiger partial charge < -0.3 is 10.8 Å². The second-order valence-electron chi connectivity index (χ2n) is 4.41. The number of aliphatic hydroxyl groups is 1. The van der Waals surface area contributed by atoms with E-state index in [1.807, 2.05) is 0 Å². The van der Waals surface area contributed by atoms with Crippen LogP contribution in [0.2, 0.25) is 0 Å². The molecular formula is C11H14Br2N2O3S. The minimum atomic E-state index is -3.65. The maximum Gasteiger partial charge on any atom is 0.245 e. The number of hydrogen-bond donors (Lipinski definition) is 2. The van der Waals surface area contributed by atoms with Crippen LogP contribution in [0, 0.1) is 0 Å². The van der Waals surface area contributed by atoms with Gasteiger partial charge in [0.1, 0.15) is 4.90 Å². The Morgan fingerprint density at radius 1 is 1.37 bits per heavy atom. The quantitative estimate of drug-likeness (QED) is 0.741. The molecule has 1 saturated heterocycles. The van der Waals surface area contributed by atoms with Crippen LogP contribution in [-0.2, 0) is 10.0 Å². The average molecular weight is 414 g/mol. The zero-order valence-electron chi connectivity index (χ0n) is 10.0. The normalized spacial score (nSPS) is 20.9. The van der Waals surface area contributed by atoms with Crippen molar-refractivity contribution in [3.63, 3.8) is 0 Å². The van der Waals surface area contributed by atoms with E-state index in [0.29, 0.717) is 27.6 Å². The second-order valence-corrected chi connectivity index (χ2v) is 7.94. The molecule has 0 amide bonds. The Morgan fingerprint density at radius 3 is 2.47 bits per heavy atom. The lowest BCUT2D eigenvalue weighted by atomic mass is 10.2. The van der Waals surface area contributed by atoms with E-state index in [9.17, 15) is 13.5 Å². The van der Waals surface area contributed by atoms with E-state index in [-0.39, 0.29) is 17.5 Å². The molecule has 0 bridgehead atoms. The number of nitrogens with two attached hydrogens (primary N) is 1. The van der Waals surface area contributed by atoms with E-state index < -0.39 is 10.0 Å². The topological polar surface area (TPSA) is 83.6 Å². The van der Waals surface area contributed by atoms with Gasteiger partial charge in [0.05, 0.1) is 6.61 Å². The molecular weight excluding hydrogens is 400 g/mol. The fourth-order valence-electron chi connectivity index (χ4n) is 2.25. The van der Waals surface area contributed by atoms with E-state index in [2.05, 4.69) is 31.9 Å². The minimum Gasteiger partial charge on any atom is -0.399 e. The Kier molecular flexibility index (Phi) is 4.56. The van der Waals surface area contributed by atoms with E-state index in [1.165, 1.54) is 4.31 Å². The lowest BCUT2D eigenvalue weighted by molar-refractivity contribution is 0.213. The van der Waals surface area contributed by atoms with E-state index in [4.69, 9.17) is 5.73 Å². The molecule has 0 aliphatic carbocycles. The predicted molar refractivity (Wildman–Crippen MR) is 80.3 cm³/mol. The fourth-order valence-corrected chi connectivity index (χ4v) is 6.48. The number of nitrogens with zero attached hydrogens (tertiary/aromatic N) is 1. The summed E-state index contributed by atoms with van der Waals surface area (Å²) in [4.78, 5) is 0.155. The summed E-state index contributed by atoms with van der Waals surface area (Å²) < 4.78 is 27.5. The Hall–Kier alpha value is -0.150. The number of hydrogen-bond acceptors (Lipinski definition) is 4. The number of sulfonamides is 1. The van der Waals surface area contributed by atoms with Crippen molar-refractivity contribution in [1.29, 1.82) is 0 Å². The highest BCUT2D eigenvalue weighted by molar-refractivity contribution is 9.11.